The Bertz CT molecular complexity index is 656. The smallest absolute Gasteiger partial charge is 0.240 e. The quantitative estimate of drug-likeness (QED) is 0.877. The molecule has 1 saturated carbocycles. The number of nitrogens with zero attached hydrogens (tertiary/aromatic N) is 3. The van der Waals surface area contributed by atoms with E-state index in [9.17, 15) is 4.79 Å². The van der Waals surface area contributed by atoms with E-state index in [1.54, 1.807) is 18.6 Å². The Kier molecular flexibility index (Phi) is 5.99. The molecule has 1 fully saturated rings. The van der Waals surface area contributed by atoms with Gasteiger partial charge in [-0.25, -0.2) is 4.98 Å². The third-order valence-corrected chi connectivity index (χ3v) is 4.92. The summed E-state index contributed by atoms with van der Waals surface area (Å²) in [6.07, 6.45) is 11.1. The van der Waals surface area contributed by atoms with E-state index in [4.69, 9.17) is 0 Å². The van der Waals surface area contributed by atoms with Gasteiger partial charge in [0.2, 0.25) is 5.91 Å². The Morgan fingerprint density at radius 3 is 2.64 bits per heavy atom. The highest BCUT2D eigenvalue weighted by Crippen LogP contribution is 2.34. The number of carbonyl (C=O) groups excluding carboxylic acids is 1. The summed E-state index contributed by atoms with van der Waals surface area (Å²) >= 11 is 0. The van der Waals surface area contributed by atoms with E-state index in [-0.39, 0.29) is 18.5 Å². The maximum atomic E-state index is 12.7. The molecule has 0 radical (unpaired) electrons. The predicted molar refractivity (Wildman–Crippen MR) is 99.2 cm³/mol. The van der Waals surface area contributed by atoms with Gasteiger partial charge in [0.25, 0.3) is 0 Å². The van der Waals surface area contributed by atoms with Crippen molar-refractivity contribution in [3.05, 3.63) is 54.5 Å². The van der Waals surface area contributed by atoms with Gasteiger partial charge in [0.05, 0.1) is 18.8 Å². The van der Waals surface area contributed by atoms with E-state index in [2.05, 4.69) is 27.4 Å². The first-order valence-electron chi connectivity index (χ1n) is 9.05. The lowest BCUT2D eigenvalue weighted by Crippen LogP contribution is -2.40. The summed E-state index contributed by atoms with van der Waals surface area (Å²) in [7, 11) is 1.86. The van der Waals surface area contributed by atoms with Crippen LogP contribution in [0.5, 0.6) is 0 Å². The highest BCUT2D eigenvalue weighted by atomic mass is 16.2. The summed E-state index contributed by atoms with van der Waals surface area (Å²) in [6, 6.07) is 10.4. The second kappa shape index (κ2) is 8.60. The second-order valence-corrected chi connectivity index (χ2v) is 6.77. The SMILES string of the molecule is CN(CC(=O)N[C@@H](c1ccccc1)C1CCCCC1)c1cnccn1. The fourth-order valence-electron chi connectivity index (χ4n) is 3.61. The van der Waals surface area contributed by atoms with Crippen molar-refractivity contribution in [2.24, 2.45) is 5.92 Å². The molecule has 1 heterocycles. The molecule has 1 atom stereocenters. The molecule has 5 nitrogen and oxygen atoms in total. The van der Waals surface area contributed by atoms with Crippen LogP contribution in [0.1, 0.15) is 43.7 Å². The number of anilines is 1. The minimum Gasteiger partial charge on any atom is -0.349 e. The molecule has 132 valence electrons. The number of carbonyl (C=O) groups is 1. The van der Waals surface area contributed by atoms with Gasteiger partial charge in [-0.1, -0.05) is 49.6 Å². The molecule has 0 aliphatic heterocycles. The van der Waals surface area contributed by atoms with Crippen LogP contribution in [0.2, 0.25) is 0 Å². The summed E-state index contributed by atoms with van der Waals surface area (Å²) in [6.45, 7) is 0.273. The van der Waals surface area contributed by atoms with Crippen LogP contribution < -0.4 is 10.2 Å². The van der Waals surface area contributed by atoms with Gasteiger partial charge in [0.1, 0.15) is 5.82 Å². The number of hydrogen-bond donors (Lipinski definition) is 1. The molecule has 2 aromatic rings. The molecule has 1 aromatic carbocycles. The number of hydrogen-bond acceptors (Lipinski definition) is 4. The number of amides is 1. The summed E-state index contributed by atoms with van der Waals surface area (Å²) < 4.78 is 0. The second-order valence-electron chi connectivity index (χ2n) is 6.77. The average molecular weight is 338 g/mol. The van der Waals surface area contributed by atoms with Crippen molar-refractivity contribution < 1.29 is 4.79 Å². The van der Waals surface area contributed by atoms with Gasteiger partial charge in [-0.2, -0.15) is 0 Å². The lowest BCUT2D eigenvalue weighted by Gasteiger charge is -2.32. The van der Waals surface area contributed by atoms with Crippen LogP contribution in [0.15, 0.2) is 48.9 Å². The summed E-state index contributed by atoms with van der Waals surface area (Å²) in [5.41, 5.74) is 1.20. The Labute approximate surface area is 149 Å². The van der Waals surface area contributed by atoms with Crippen LogP contribution in [0.3, 0.4) is 0 Å². The molecule has 0 spiro atoms. The summed E-state index contributed by atoms with van der Waals surface area (Å²) in [5, 5.41) is 3.27. The number of likely N-dealkylation sites (N-methyl/N-ethyl adjacent to an activating group) is 1. The van der Waals surface area contributed by atoms with E-state index >= 15 is 0 Å². The molecule has 3 rings (SSSR count). The molecule has 0 bridgehead atoms. The van der Waals surface area contributed by atoms with Crippen LogP contribution in [0.25, 0.3) is 0 Å². The molecular weight excluding hydrogens is 312 g/mol. The zero-order chi connectivity index (χ0) is 17.5. The standard InChI is InChI=1S/C20H26N4O/c1-24(18-14-21-12-13-22-18)15-19(25)23-20(16-8-4-2-5-9-16)17-10-6-3-7-11-17/h2,4-5,8-9,12-14,17,20H,3,6-7,10-11,15H2,1H3,(H,23,25)/t20-/m0/s1. The monoisotopic (exact) mass is 338 g/mol. The normalized spacial score (nSPS) is 16.2. The molecule has 1 amide bonds. The van der Waals surface area contributed by atoms with Gasteiger partial charge in [-0.05, 0) is 24.3 Å². The molecular formula is C20H26N4O. The van der Waals surface area contributed by atoms with E-state index < -0.39 is 0 Å². The summed E-state index contributed by atoms with van der Waals surface area (Å²) in [5.74, 6) is 1.24. The van der Waals surface area contributed by atoms with Crippen LogP contribution in [0, 0.1) is 5.92 Å². The zero-order valence-corrected chi connectivity index (χ0v) is 14.8. The van der Waals surface area contributed by atoms with Crippen LogP contribution >= 0.6 is 0 Å². The number of benzene rings is 1. The van der Waals surface area contributed by atoms with Crippen molar-refractivity contribution in [2.75, 3.05) is 18.5 Å². The van der Waals surface area contributed by atoms with Crippen molar-refractivity contribution in [3.63, 3.8) is 0 Å². The molecule has 5 heteroatoms. The molecule has 0 saturated heterocycles. The van der Waals surface area contributed by atoms with Gasteiger partial charge in [0.15, 0.2) is 0 Å². The fourth-order valence-corrected chi connectivity index (χ4v) is 3.61. The molecule has 1 aliphatic rings. The molecule has 1 N–H and O–H groups in total. The predicted octanol–water partition coefficient (Wildman–Crippen LogP) is 3.35. The minimum absolute atomic E-state index is 0.0209. The Morgan fingerprint density at radius 1 is 1.20 bits per heavy atom. The van der Waals surface area contributed by atoms with Crippen LogP contribution in [0.4, 0.5) is 5.82 Å². The highest BCUT2D eigenvalue weighted by molar-refractivity contribution is 5.81. The lowest BCUT2D eigenvalue weighted by molar-refractivity contribution is -0.121. The lowest BCUT2D eigenvalue weighted by atomic mass is 9.81. The Balaban J connectivity index is 1.68. The minimum atomic E-state index is 0.0209. The van der Waals surface area contributed by atoms with Gasteiger partial charge in [-0.3, -0.25) is 9.78 Å². The third-order valence-electron chi connectivity index (χ3n) is 4.92. The topological polar surface area (TPSA) is 58.1 Å². The van der Waals surface area contributed by atoms with Gasteiger partial charge < -0.3 is 10.2 Å². The van der Waals surface area contributed by atoms with E-state index in [0.29, 0.717) is 11.7 Å². The van der Waals surface area contributed by atoms with Crippen molar-refractivity contribution in [2.45, 2.75) is 38.1 Å². The third kappa shape index (κ3) is 4.78. The first kappa shape index (κ1) is 17.4. The highest BCUT2D eigenvalue weighted by Gasteiger charge is 2.26. The van der Waals surface area contributed by atoms with Crippen molar-refractivity contribution >= 4 is 11.7 Å². The maximum absolute atomic E-state index is 12.7. The van der Waals surface area contributed by atoms with Gasteiger partial charge in [-0.15, -0.1) is 0 Å². The Morgan fingerprint density at radius 2 is 1.96 bits per heavy atom. The first-order chi connectivity index (χ1) is 12.2. The van der Waals surface area contributed by atoms with Crippen LogP contribution in [-0.4, -0.2) is 29.5 Å². The van der Waals surface area contributed by atoms with Crippen molar-refractivity contribution in [1.29, 1.82) is 0 Å². The van der Waals surface area contributed by atoms with Crippen molar-refractivity contribution in [1.82, 2.24) is 15.3 Å². The largest absolute Gasteiger partial charge is 0.349 e. The van der Waals surface area contributed by atoms with Crippen molar-refractivity contribution in [3.8, 4) is 0 Å². The van der Waals surface area contributed by atoms with E-state index in [1.165, 1.54) is 37.7 Å². The summed E-state index contributed by atoms with van der Waals surface area (Å²) in [4.78, 5) is 22.8. The van der Waals surface area contributed by atoms with Crippen LogP contribution in [-0.2, 0) is 4.79 Å². The first-order valence-corrected chi connectivity index (χ1v) is 9.05. The average Bonchev–Trinajstić information content (AvgIpc) is 2.68. The number of aromatic nitrogens is 2. The molecule has 1 aromatic heterocycles. The number of rotatable bonds is 6. The maximum Gasteiger partial charge on any atom is 0.240 e. The fraction of sp³-hybridized carbons (Fsp3) is 0.450. The molecule has 1 aliphatic carbocycles. The van der Waals surface area contributed by atoms with E-state index in [0.717, 1.165) is 0 Å². The van der Waals surface area contributed by atoms with Gasteiger partial charge >= 0.3 is 0 Å². The Hall–Kier alpha value is -2.43. The molecule has 0 unspecified atom stereocenters. The van der Waals surface area contributed by atoms with Gasteiger partial charge in [0, 0.05) is 19.4 Å². The van der Waals surface area contributed by atoms with E-state index in [1.807, 2.05) is 30.1 Å². The molecule has 25 heavy (non-hydrogen) atoms. The zero-order valence-electron chi connectivity index (χ0n) is 14.8. The number of nitrogens with one attached hydrogen (secondary N) is 1.